The fourth-order valence-electron chi connectivity index (χ4n) is 3.88. The van der Waals surface area contributed by atoms with Crippen LogP contribution in [0, 0.1) is 0 Å². The lowest BCUT2D eigenvalue weighted by Crippen LogP contribution is -2.59. The molecule has 0 aromatic heterocycles. The van der Waals surface area contributed by atoms with Crippen LogP contribution in [0.25, 0.3) is 0 Å². The van der Waals surface area contributed by atoms with Gasteiger partial charge in [0.2, 0.25) is 8.32 Å². The lowest BCUT2D eigenvalue weighted by Gasteiger charge is -2.45. The van der Waals surface area contributed by atoms with Gasteiger partial charge in [-0.3, -0.25) is 9.69 Å². The molecule has 1 saturated heterocycles. The molecule has 1 fully saturated rings. The first kappa shape index (κ1) is 30.3. The smallest absolute Gasteiger partial charge is 0.412 e. The number of nitrogens with zero attached hydrogens (tertiary/aromatic N) is 2. The summed E-state index contributed by atoms with van der Waals surface area (Å²) in [5.41, 5.74) is -0.566. The minimum absolute atomic E-state index is 0.0291. The SMILES string of the molecule is COC(=O)C[C@H]([C@@H]1COC(C)(C)N1C(=O)OC(C)(C)C)N(Cc1ccccc1)O[Si](C)(C)C(C)(C)C. The third kappa shape index (κ3) is 7.78. The molecule has 0 radical (unpaired) electrons. The summed E-state index contributed by atoms with van der Waals surface area (Å²) in [6.07, 6.45) is -0.460. The first-order chi connectivity index (χ1) is 16.4. The van der Waals surface area contributed by atoms with Crippen LogP contribution in [0.5, 0.6) is 0 Å². The van der Waals surface area contributed by atoms with Gasteiger partial charge in [0.15, 0.2) is 0 Å². The zero-order chi connectivity index (χ0) is 27.5. The zero-order valence-electron chi connectivity index (χ0n) is 24.0. The van der Waals surface area contributed by atoms with E-state index in [4.69, 9.17) is 18.7 Å². The van der Waals surface area contributed by atoms with E-state index in [0.29, 0.717) is 6.54 Å². The van der Waals surface area contributed by atoms with E-state index in [2.05, 4.69) is 33.9 Å². The van der Waals surface area contributed by atoms with Crippen molar-refractivity contribution in [2.24, 2.45) is 0 Å². The predicted molar refractivity (Wildman–Crippen MR) is 143 cm³/mol. The summed E-state index contributed by atoms with van der Waals surface area (Å²) in [7, 11) is -0.950. The Morgan fingerprint density at radius 3 is 2.22 bits per heavy atom. The van der Waals surface area contributed by atoms with Gasteiger partial charge in [-0.2, -0.15) is 5.06 Å². The second-order valence-corrected chi connectivity index (χ2v) is 17.1. The van der Waals surface area contributed by atoms with Crippen LogP contribution in [0.1, 0.15) is 67.4 Å². The molecule has 1 heterocycles. The van der Waals surface area contributed by atoms with Gasteiger partial charge in [0, 0.05) is 6.54 Å². The van der Waals surface area contributed by atoms with Crippen molar-refractivity contribution in [2.45, 2.75) is 110 Å². The van der Waals surface area contributed by atoms with Crippen molar-refractivity contribution in [2.75, 3.05) is 13.7 Å². The van der Waals surface area contributed by atoms with Crippen LogP contribution < -0.4 is 0 Å². The van der Waals surface area contributed by atoms with Crippen molar-refractivity contribution in [1.82, 2.24) is 9.96 Å². The fraction of sp³-hybridized carbons (Fsp3) is 0.704. The van der Waals surface area contributed by atoms with E-state index in [1.807, 2.05) is 70.0 Å². The van der Waals surface area contributed by atoms with Gasteiger partial charge in [-0.15, -0.1) is 0 Å². The van der Waals surface area contributed by atoms with Crippen LogP contribution in [0.3, 0.4) is 0 Å². The molecule has 2 rings (SSSR count). The maximum atomic E-state index is 13.4. The van der Waals surface area contributed by atoms with Gasteiger partial charge in [0.25, 0.3) is 0 Å². The molecule has 0 aliphatic carbocycles. The van der Waals surface area contributed by atoms with Gasteiger partial charge < -0.3 is 18.7 Å². The van der Waals surface area contributed by atoms with E-state index >= 15 is 0 Å². The number of methoxy groups -OCH3 is 1. The van der Waals surface area contributed by atoms with Gasteiger partial charge in [-0.1, -0.05) is 51.1 Å². The summed E-state index contributed by atoms with van der Waals surface area (Å²) in [6, 6.07) is 8.94. The largest absolute Gasteiger partial charge is 0.469 e. The number of benzene rings is 1. The quantitative estimate of drug-likeness (QED) is 0.245. The topological polar surface area (TPSA) is 77.5 Å². The van der Waals surface area contributed by atoms with Crippen LogP contribution >= 0.6 is 0 Å². The molecule has 8 nitrogen and oxygen atoms in total. The van der Waals surface area contributed by atoms with E-state index in [9.17, 15) is 9.59 Å². The number of hydrogen-bond donors (Lipinski definition) is 0. The highest BCUT2D eigenvalue weighted by Crippen LogP contribution is 2.40. The molecule has 1 aliphatic rings. The molecule has 204 valence electrons. The number of rotatable bonds is 8. The minimum atomic E-state index is -2.32. The third-order valence-electron chi connectivity index (χ3n) is 6.86. The van der Waals surface area contributed by atoms with Gasteiger partial charge in [0.05, 0.1) is 32.2 Å². The second-order valence-electron chi connectivity index (χ2n) is 12.4. The van der Waals surface area contributed by atoms with Gasteiger partial charge in [0.1, 0.15) is 11.3 Å². The standard InChI is InChI=1S/C27H46N2O6Si/c1-25(2,3)34-24(31)29-22(19-33-27(29,7)8)21(17-23(30)32-9)28(18-20-15-13-12-14-16-20)35-36(10,11)26(4,5)6/h12-16,21-22H,17-19H2,1-11H3/t21-,22+/m1/s1. The molecular weight excluding hydrogens is 476 g/mol. The van der Waals surface area contributed by atoms with Crippen LogP contribution in [0.4, 0.5) is 4.79 Å². The Morgan fingerprint density at radius 1 is 1.14 bits per heavy atom. The number of carbonyl (C=O) groups is 2. The normalized spacial score (nSPS) is 19.3. The van der Waals surface area contributed by atoms with Gasteiger partial charge >= 0.3 is 12.1 Å². The van der Waals surface area contributed by atoms with E-state index in [-0.39, 0.29) is 24.0 Å². The Hall–Kier alpha value is -1.94. The highest BCUT2D eigenvalue weighted by atomic mass is 28.4. The van der Waals surface area contributed by atoms with E-state index in [1.165, 1.54) is 7.11 Å². The summed E-state index contributed by atoms with van der Waals surface area (Å²) < 4.78 is 23.8. The number of hydroxylamine groups is 2. The molecule has 0 spiro atoms. The van der Waals surface area contributed by atoms with E-state index in [0.717, 1.165) is 5.56 Å². The van der Waals surface area contributed by atoms with Crippen molar-refractivity contribution in [3.05, 3.63) is 35.9 Å². The first-order valence-electron chi connectivity index (χ1n) is 12.6. The maximum absolute atomic E-state index is 13.4. The Labute approximate surface area is 218 Å². The average molecular weight is 523 g/mol. The molecule has 9 heteroatoms. The molecule has 2 atom stereocenters. The fourth-order valence-corrected chi connectivity index (χ4v) is 4.94. The van der Waals surface area contributed by atoms with Crippen molar-refractivity contribution in [3.63, 3.8) is 0 Å². The second kappa shape index (κ2) is 11.2. The molecule has 0 unspecified atom stereocenters. The van der Waals surface area contributed by atoms with Crippen molar-refractivity contribution >= 4 is 20.4 Å². The van der Waals surface area contributed by atoms with E-state index in [1.54, 1.807) is 4.90 Å². The van der Waals surface area contributed by atoms with Gasteiger partial charge in [-0.05, 0) is 58.3 Å². The maximum Gasteiger partial charge on any atom is 0.412 e. The first-order valence-corrected chi connectivity index (χ1v) is 15.5. The molecular formula is C27H46N2O6Si. The van der Waals surface area contributed by atoms with Crippen molar-refractivity contribution in [1.29, 1.82) is 0 Å². The third-order valence-corrected chi connectivity index (χ3v) is 11.2. The van der Waals surface area contributed by atoms with Crippen LogP contribution in [0.15, 0.2) is 30.3 Å². The Bertz CT molecular complexity index is 892. The molecule has 36 heavy (non-hydrogen) atoms. The monoisotopic (exact) mass is 522 g/mol. The molecule has 1 amide bonds. The molecule has 1 aliphatic heterocycles. The summed E-state index contributed by atoms with van der Waals surface area (Å²) in [4.78, 5) is 27.7. The lowest BCUT2D eigenvalue weighted by atomic mass is 10.0. The van der Waals surface area contributed by atoms with E-state index < -0.39 is 37.8 Å². The summed E-state index contributed by atoms with van der Waals surface area (Å²) in [6.45, 7) is 20.7. The number of amides is 1. The highest BCUT2D eigenvalue weighted by Gasteiger charge is 2.52. The van der Waals surface area contributed by atoms with Crippen molar-refractivity contribution < 1.29 is 28.3 Å². The predicted octanol–water partition coefficient (Wildman–Crippen LogP) is 5.73. The Morgan fingerprint density at radius 2 is 1.72 bits per heavy atom. The molecule has 0 bridgehead atoms. The average Bonchev–Trinajstić information content (AvgIpc) is 3.04. The molecule has 0 N–H and O–H groups in total. The van der Waals surface area contributed by atoms with Crippen LogP contribution in [-0.4, -0.2) is 67.5 Å². The minimum Gasteiger partial charge on any atom is -0.469 e. The Balaban J connectivity index is 2.57. The van der Waals surface area contributed by atoms with Crippen molar-refractivity contribution in [3.8, 4) is 0 Å². The lowest BCUT2D eigenvalue weighted by molar-refractivity contribution is -0.159. The Kier molecular flexibility index (Phi) is 9.43. The van der Waals surface area contributed by atoms with Crippen LogP contribution in [-0.2, 0) is 30.1 Å². The number of hydrogen-bond acceptors (Lipinski definition) is 7. The highest BCUT2D eigenvalue weighted by molar-refractivity contribution is 6.74. The summed E-state index contributed by atoms with van der Waals surface area (Å²) in [5.74, 6) is -0.384. The number of esters is 1. The molecule has 0 saturated carbocycles. The van der Waals surface area contributed by atoms with Crippen LogP contribution in [0.2, 0.25) is 18.1 Å². The molecule has 1 aromatic carbocycles. The number of ether oxygens (including phenoxy) is 3. The molecule has 1 aromatic rings. The zero-order valence-corrected chi connectivity index (χ0v) is 25.0. The number of carbonyl (C=O) groups excluding carboxylic acids is 2. The summed E-state index contributed by atoms with van der Waals surface area (Å²) >= 11 is 0. The summed E-state index contributed by atoms with van der Waals surface area (Å²) in [5, 5.41) is 1.81. The van der Waals surface area contributed by atoms with Gasteiger partial charge in [-0.25, -0.2) is 4.79 Å².